The highest BCUT2D eigenvalue weighted by Gasteiger charge is 2.22. The van der Waals surface area contributed by atoms with Crippen LogP contribution in [0.15, 0.2) is 24.8 Å². The molecule has 1 unspecified atom stereocenters. The molecule has 1 atom stereocenters. The summed E-state index contributed by atoms with van der Waals surface area (Å²) in [6, 6.07) is 6.09. The molecule has 1 aromatic rings. The number of hydrogen-bond donors (Lipinski definition) is 0. The highest BCUT2D eigenvalue weighted by Crippen LogP contribution is 2.19. The predicted octanol–water partition coefficient (Wildman–Crippen LogP) is 2.42. The zero-order valence-electron chi connectivity index (χ0n) is 8.32. The van der Waals surface area contributed by atoms with E-state index >= 15 is 0 Å². The Bertz CT molecular complexity index is 340. The fourth-order valence-electron chi connectivity index (χ4n) is 1.33. The van der Waals surface area contributed by atoms with Crippen LogP contribution in [0.25, 0.3) is 6.08 Å². The first-order chi connectivity index (χ1) is 6.78. The summed E-state index contributed by atoms with van der Waals surface area (Å²) in [7, 11) is 0. The van der Waals surface area contributed by atoms with Crippen LogP contribution in [-0.2, 0) is 4.74 Å². The van der Waals surface area contributed by atoms with Crippen LogP contribution in [-0.4, -0.2) is 19.3 Å². The maximum Gasteiger partial charge on any atom is 0.120 e. The molecule has 0 saturated carbocycles. The van der Waals surface area contributed by atoms with Crippen molar-refractivity contribution in [2.75, 3.05) is 13.2 Å². The molecule has 74 valence electrons. The third-order valence-electron chi connectivity index (χ3n) is 2.15. The van der Waals surface area contributed by atoms with Gasteiger partial charge in [0.15, 0.2) is 0 Å². The summed E-state index contributed by atoms with van der Waals surface area (Å²) >= 11 is 0. The summed E-state index contributed by atoms with van der Waals surface area (Å²) in [5, 5.41) is 0. The van der Waals surface area contributed by atoms with E-state index in [9.17, 15) is 0 Å². The number of rotatable bonds is 4. The van der Waals surface area contributed by atoms with E-state index in [1.807, 2.05) is 25.1 Å². The normalized spacial score (nSPS) is 19.1. The van der Waals surface area contributed by atoms with Gasteiger partial charge in [-0.3, -0.25) is 0 Å². The van der Waals surface area contributed by atoms with Gasteiger partial charge in [-0.05, 0) is 30.2 Å². The smallest absolute Gasteiger partial charge is 0.120 e. The topological polar surface area (TPSA) is 21.8 Å². The first-order valence-corrected chi connectivity index (χ1v) is 4.76. The van der Waals surface area contributed by atoms with Gasteiger partial charge < -0.3 is 9.47 Å². The quantitative estimate of drug-likeness (QED) is 0.680. The highest BCUT2D eigenvalue weighted by molar-refractivity contribution is 5.51. The van der Waals surface area contributed by atoms with E-state index in [1.165, 1.54) is 5.56 Å². The molecule has 0 amide bonds. The van der Waals surface area contributed by atoms with E-state index in [2.05, 4.69) is 12.6 Å². The lowest BCUT2D eigenvalue weighted by atomic mass is 10.1. The van der Waals surface area contributed by atoms with Crippen LogP contribution in [0.4, 0.5) is 0 Å². The van der Waals surface area contributed by atoms with Crippen molar-refractivity contribution < 1.29 is 9.47 Å². The van der Waals surface area contributed by atoms with Crippen molar-refractivity contribution in [1.29, 1.82) is 0 Å². The van der Waals surface area contributed by atoms with Crippen LogP contribution in [0, 0.1) is 6.92 Å². The first-order valence-electron chi connectivity index (χ1n) is 4.76. The molecule has 0 aromatic heterocycles. The molecule has 1 aliphatic rings. The lowest BCUT2D eigenvalue weighted by Crippen LogP contribution is -2.04. The fraction of sp³-hybridized carbons (Fsp3) is 0.333. The number of hydrogen-bond acceptors (Lipinski definition) is 2. The summed E-state index contributed by atoms with van der Waals surface area (Å²) in [6.07, 6.45) is 2.13. The third kappa shape index (κ3) is 2.36. The van der Waals surface area contributed by atoms with Crippen molar-refractivity contribution in [3.8, 4) is 5.75 Å². The number of ether oxygens (including phenoxy) is 2. The van der Waals surface area contributed by atoms with Crippen molar-refractivity contribution >= 4 is 6.08 Å². The Morgan fingerprint density at radius 1 is 1.57 bits per heavy atom. The molecule has 0 spiro atoms. The van der Waals surface area contributed by atoms with E-state index in [0.29, 0.717) is 12.7 Å². The molecule has 14 heavy (non-hydrogen) atoms. The van der Waals surface area contributed by atoms with Gasteiger partial charge >= 0.3 is 0 Å². The Hall–Kier alpha value is -1.28. The summed E-state index contributed by atoms with van der Waals surface area (Å²) in [5.74, 6) is 0.899. The van der Waals surface area contributed by atoms with Crippen LogP contribution < -0.4 is 4.74 Å². The Kier molecular flexibility index (Phi) is 2.55. The van der Waals surface area contributed by atoms with Gasteiger partial charge in [-0.15, -0.1) is 0 Å². The third-order valence-corrected chi connectivity index (χ3v) is 2.15. The molecule has 0 radical (unpaired) electrons. The number of epoxide rings is 1. The molecule has 0 aliphatic carbocycles. The van der Waals surface area contributed by atoms with Crippen molar-refractivity contribution in [2.24, 2.45) is 0 Å². The van der Waals surface area contributed by atoms with Crippen molar-refractivity contribution in [3.63, 3.8) is 0 Å². The average Bonchev–Trinajstić information content (AvgIpc) is 2.97. The van der Waals surface area contributed by atoms with Gasteiger partial charge in [-0.25, -0.2) is 0 Å². The Balaban J connectivity index is 2.06. The molecule has 1 heterocycles. The average molecular weight is 190 g/mol. The maximum atomic E-state index is 5.58. The number of aryl methyl sites for hydroxylation is 1. The standard InChI is InChI=1S/C12H14O2/c1-3-10-4-9(2)5-11(6-10)13-7-12-8-14-12/h3-6,12H,1,7-8H2,2H3. The lowest BCUT2D eigenvalue weighted by Gasteiger charge is -2.06. The van der Waals surface area contributed by atoms with E-state index in [1.54, 1.807) is 0 Å². The van der Waals surface area contributed by atoms with Crippen LogP contribution >= 0.6 is 0 Å². The van der Waals surface area contributed by atoms with Crippen LogP contribution in [0.3, 0.4) is 0 Å². The molecular weight excluding hydrogens is 176 g/mol. The fourth-order valence-corrected chi connectivity index (χ4v) is 1.33. The summed E-state index contributed by atoms with van der Waals surface area (Å²) in [4.78, 5) is 0. The van der Waals surface area contributed by atoms with E-state index in [0.717, 1.165) is 17.9 Å². The van der Waals surface area contributed by atoms with Gasteiger partial charge in [-0.2, -0.15) is 0 Å². The summed E-state index contributed by atoms with van der Waals surface area (Å²) < 4.78 is 10.7. The molecule has 2 rings (SSSR count). The van der Waals surface area contributed by atoms with Gasteiger partial charge in [0, 0.05) is 0 Å². The largest absolute Gasteiger partial charge is 0.491 e. The second kappa shape index (κ2) is 3.84. The van der Waals surface area contributed by atoms with E-state index in [-0.39, 0.29) is 0 Å². The van der Waals surface area contributed by atoms with Gasteiger partial charge in [-0.1, -0.05) is 18.7 Å². The Labute approximate surface area is 84.2 Å². The molecule has 0 bridgehead atoms. The minimum absolute atomic E-state index is 0.308. The first kappa shape index (κ1) is 9.28. The molecule has 2 nitrogen and oxygen atoms in total. The summed E-state index contributed by atoms with van der Waals surface area (Å²) in [6.45, 7) is 7.28. The lowest BCUT2D eigenvalue weighted by molar-refractivity contribution is 0.263. The molecule has 1 aromatic carbocycles. The zero-order valence-corrected chi connectivity index (χ0v) is 8.32. The Morgan fingerprint density at radius 3 is 3.00 bits per heavy atom. The van der Waals surface area contributed by atoms with Crippen LogP contribution in [0.1, 0.15) is 11.1 Å². The van der Waals surface area contributed by atoms with Crippen molar-refractivity contribution in [1.82, 2.24) is 0 Å². The maximum absolute atomic E-state index is 5.58. The zero-order chi connectivity index (χ0) is 9.97. The monoisotopic (exact) mass is 190 g/mol. The second-order valence-corrected chi connectivity index (χ2v) is 3.55. The molecular formula is C12H14O2. The SMILES string of the molecule is C=Cc1cc(C)cc(OCC2CO2)c1. The Morgan fingerprint density at radius 2 is 2.36 bits per heavy atom. The molecule has 2 heteroatoms. The summed E-state index contributed by atoms with van der Waals surface area (Å²) in [5.41, 5.74) is 2.28. The second-order valence-electron chi connectivity index (χ2n) is 3.55. The minimum atomic E-state index is 0.308. The van der Waals surface area contributed by atoms with Crippen LogP contribution in [0.2, 0.25) is 0 Å². The van der Waals surface area contributed by atoms with E-state index in [4.69, 9.17) is 9.47 Å². The molecule has 1 fully saturated rings. The van der Waals surface area contributed by atoms with Crippen LogP contribution in [0.5, 0.6) is 5.75 Å². The molecule has 1 saturated heterocycles. The molecule has 1 aliphatic heterocycles. The highest BCUT2D eigenvalue weighted by atomic mass is 16.6. The number of benzene rings is 1. The van der Waals surface area contributed by atoms with Gasteiger partial charge in [0.05, 0.1) is 6.61 Å². The van der Waals surface area contributed by atoms with E-state index < -0.39 is 0 Å². The van der Waals surface area contributed by atoms with Crippen molar-refractivity contribution in [2.45, 2.75) is 13.0 Å². The van der Waals surface area contributed by atoms with Gasteiger partial charge in [0.25, 0.3) is 0 Å². The predicted molar refractivity (Wildman–Crippen MR) is 56.5 cm³/mol. The van der Waals surface area contributed by atoms with Crippen molar-refractivity contribution in [3.05, 3.63) is 35.9 Å². The minimum Gasteiger partial charge on any atom is -0.491 e. The van der Waals surface area contributed by atoms with Gasteiger partial charge in [0.1, 0.15) is 18.5 Å². The van der Waals surface area contributed by atoms with Gasteiger partial charge in [0.2, 0.25) is 0 Å². The molecule has 0 N–H and O–H groups in total.